The number of carbonyl (C=O) groups excluding carboxylic acids is 1. The molecule has 1 amide bonds. The van der Waals surface area contributed by atoms with E-state index in [9.17, 15) is 13.2 Å². The smallest absolute Gasteiger partial charge is 0.252 e. The molecule has 0 aliphatic heterocycles. The molecule has 108 valence electrons. The number of hydrogen-bond acceptors (Lipinski definition) is 4. The van der Waals surface area contributed by atoms with Gasteiger partial charge in [-0.1, -0.05) is 34.1 Å². The van der Waals surface area contributed by atoms with E-state index in [0.717, 1.165) is 12.7 Å². The first kappa shape index (κ1) is 17.4. The number of hydrazine groups is 1. The van der Waals surface area contributed by atoms with Crippen molar-refractivity contribution in [2.24, 2.45) is 11.8 Å². The Bertz CT molecular complexity index is 352. The maximum absolute atomic E-state index is 11.8. The molecule has 2 atom stereocenters. The van der Waals surface area contributed by atoms with E-state index in [1.807, 2.05) is 13.8 Å². The molecular weight excluding hydrogens is 252 g/mol. The molecule has 0 bridgehead atoms. The zero-order valence-electron chi connectivity index (χ0n) is 12.0. The summed E-state index contributed by atoms with van der Waals surface area (Å²) in [5.41, 5.74) is 5.29. The normalized spacial score (nSPS) is 15.4. The minimum Gasteiger partial charge on any atom is -0.290 e. The number of hydrogen-bond donors (Lipinski definition) is 2. The lowest BCUT2D eigenvalue weighted by atomic mass is 10.1. The fourth-order valence-corrected chi connectivity index (χ4v) is 2.62. The summed E-state index contributed by atoms with van der Waals surface area (Å²) >= 11 is 0. The summed E-state index contributed by atoms with van der Waals surface area (Å²) < 4.78 is 23.1. The minimum absolute atomic E-state index is 0.157. The van der Waals surface area contributed by atoms with Crippen LogP contribution in [0.1, 0.15) is 40.5 Å². The Balaban J connectivity index is 4.41. The topological polar surface area (TPSA) is 75.3 Å². The van der Waals surface area contributed by atoms with Crippen LogP contribution in [-0.2, 0) is 14.6 Å². The number of sulfone groups is 1. The van der Waals surface area contributed by atoms with E-state index in [0.29, 0.717) is 18.9 Å². The van der Waals surface area contributed by atoms with Gasteiger partial charge in [0.15, 0.2) is 9.84 Å². The van der Waals surface area contributed by atoms with E-state index < -0.39 is 21.0 Å². The average Bonchev–Trinajstić information content (AvgIpc) is 2.23. The van der Waals surface area contributed by atoms with Gasteiger partial charge >= 0.3 is 0 Å². The van der Waals surface area contributed by atoms with Gasteiger partial charge in [0, 0.05) is 12.8 Å². The van der Waals surface area contributed by atoms with Crippen LogP contribution in [0.3, 0.4) is 0 Å². The molecule has 0 saturated carbocycles. The quantitative estimate of drug-likeness (QED) is 0.652. The lowest BCUT2D eigenvalue weighted by Crippen LogP contribution is -2.47. The second kappa shape index (κ2) is 7.74. The third kappa shape index (κ3) is 6.96. The molecule has 0 aliphatic rings. The molecule has 2 N–H and O–H groups in total. The Morgan fingerprint density at radius 1 is 1.22 bits per heavy atom. The highest BCUT2D eigenvalue weighted by atomic mass is 32.2. The molecule has 0 aliphatic carbocycles. The molecule has 0 spiro atoms. The summed E-state index contributed by atoms with van der Waals surface area (Å²) in [4.78, 5) is 11.8. The van der Waals surface area contributed by atoms with Gasteiger partial charge in [-0.3, -0.25) is 10.2 Å². The third-order valence-electron chi connectivity index (χ3n) is 2.85. The first-order chi connectivity index (χ1) is 8.18. The number of amides is 1. The molecule has 0 saturated heterocycles. The van der Waals surface area contributed by atoms with Gasteiger partial charge in [0.1, 0.15) is 5.25 Å². The highest BCUT2D eigenvalue weighted by molar-refractivity contribution is 7.92. The summed E-state index contributed by atoms with van der Waals surface area (Å²) in [7, 11) is -3.37. The average molecular weight is 278 g/mol. The fraction of sp³-hybridized carbons (Fsp3) is 0.917. The molecule has 1 unspecified atom stereocenters. The molecule has 6 heteroatoms. The predicted molar refractivity (Wildman–Crippen MR) is 73.7 cm³/mol. The molecular formula is C12H26N2O3S. The van der Waals surface area contributed by atoms with Crippen molar-refractivity contribution < 1.29 is 13.2 Å². The molecule has 0 aromatic carbocycles. The molecule has 0 radical (unpaired) electrons. The van der Waals surface area contributed by atoms with E-state index in [4.69, 9.17) is 0 Å². The predicted octanol–water partition coefficient (Wildman–Crippen LogP) is 1.11. The molecule has 0 heterocycles. The van der Waals surface area contributed by atoms with Crippen molar-refractivity contribution in [3.8, 4) is 0 Å². The molecule has 0 fully saturated rings. The van der Waals surface area contributed by atoms with Crippen molar-refractivity contribution in [1.82, 2.24) is 10.9 Å². The maximum atomic E-state index is 11.8. The van der Waals surface area contributed by atoms with Crippen molar-refractivity contribution in [2.45, 2.75) is 45.8 Å². The van der Waals surface area contributed by atoms with Gasteiger partial charge in [0.2, 0.25) is 0 Å². The van der Waals surface area contributed by atoms with E-state index >= 15 is 0 Å². The zero-order chi connectivity index (χ0) is 14.3. The highest BCUT2D eigenvalue weighted by Gasteiger charge is 2.29. The van der Waals surface area contributed by atoms with Crippen molar-refractivity contribution in [2.75, 3.05) is 12.8 Å². The van der Waals surface area contributed by atoms with Crippen LogP contribution in [-0.4, -0.2) is 32.4 Å². The van der Waals surface area contributed by atoms with Crippen LogP contribution in [0.5, 0.6) is 0 Å². The maximum Gasteiger partial charge on any atom is 0.252 e. The Labute approximate surface area is 111 Å². The lowest BCUT2D eigenvalue weighted by molar-refractivity contribution is -0.122. The first-order valence-electron chi connectivity index (χ1n) is 6.40. The number of rotatable bonds is 8. The van der Waals surface area contributed by atoms with Gasteiger partial charge in [-0.15, -0.1) is 0 Å². The SMILES string of the molecule is CC[C@H](C)CNNC(=O)C(CC(C)C)S(C)(=O)=O. The third-order valence-corrected chi connectivity index (χ3v) is 4.29. The molecule has 5 nitrogen and oxygen atoms in total. The van der Waals surface area contributed by atoms with Gasteiger partial charge in [-0.2, -0.15) is 0 Å². The van der Waals surface area contributed by atoms with Crippen molar-refractivity contribution in [1.29, 1.82) is 0 Å². The Hall–Kier alpha value is -0.620. The van der Waals surface area contributed by atoms with Crippen LogP contribution in [0.15, 0.2) is 0 Å². The second-order valence-electron chi connectivity index (χ2n) is 5.33. The van der Waals surface area contributed by atoms with Crippen LogP contribution in [0.2, 0.25) is 0 Å². The van der Waals surface area contributed by atoms with Gasteiger partial charge in [0.05, 0.1) is 0 Å². The van der Waals surface area contributed by atoms with E-state index in [2.05, 4.69) is 24.7 Å². The number of carbonyl (C=O) groups is 1. The van der Waals surface area contributed by atoms with E-state index in [-0.39, 0.29) is 5.92 Å². The zero-order valence-corrected chi connectivity index (χ0v) is 12.8. The van der Waals surface area contributed by atoms with Crippen LogP contribution in [0, 0.1) is 11.8 Å². The standard InChI is InChI=1S/C12H26N2O3S/c1-6-10(4)8-13-14-12(15)11(7-9(2)3)18(5,16)17/h9-11,13H,6-8H2,1-5H3,(H,14,15)/t10-,11?/m0/s1. The molecule has 0 aromatic heterocycles. The minimum atomic E-state index is -3.37. The first-order valence-corrected chi connectivity index (χ1v) is 8.35. The fourth-order valence-electron chi connectivity index (χ4n) is 1.44. The molecule has 0 rings (SSSR count). The van der Waals surface area contributed by atoms with Gasteiger partial charge in [0.25, 0.3) is 5.91 Å². The van der Waals surface area contributed by atoms with E-state index in [1.54, 1.807) is 0 Å². The van der Waals surface area contributed by atoms with Gasteiger partial charge < -0.3 is 0 Å². The summed E-state index contributed by atoms with van der Waals surface area (Å²) in [6.07, 6.45) is 2.45. The Morgan fingerprint density at radius 2 is 1.78 bits per heavy atom. The summed E-state index contributed by atoms with van der Waals surface area (Å²) in [6, 6.07) is 0. The second-order valence-corrected chi connectivity index (χ2v) is 7.56. The Morgan fingerprint density at radius 3 is 2.17 bits per heavy atom. The monoisotopic (exact) mass is 278 g/mol. The van der Waals surface area contributed by atoms with Crippen LogP contribution < -0.4 is 10.9 Å². The molecule has 0 aromatic rings. The van der Waals surface area contributed by atoms with Crippen molar-refractivity contribution in [3.63, 3.8) is 0 Å². The van der Waals surface area contributed by atoms with Crippen molar-refractivity contribution >= 4 is 15.7 Å². The van der Waals surface area contributed by atoms with E-state index in [1.165, 1.54) is 0 Å². The summed E-state index contributed by atoms with van der Waals surface area (Å²) in [6.45, 7) is 8.56. The highest BCUT2D eigenvalue weighted by Crippen LogP contribution is 2.12. The van der Waals surface area contributed by atoms with Crippen LogP contribution >= 0.6 is 0 Å². The van der Waals surface area contributed by atoms with Crippen LogP contribution in [0.4, 0.5) is 0 Å². The van der Waals surface area contributed by atoms with Crippen LogP contribution in [0.25, 0.3) is 0 Å². The largest absolute Gasteiger partial charge is 0.290 e. The summed E-state index contributed by atoms with van der Waals surface area (Å²) in [5.74, 6) is 0.131. The molecule has 18 heavy (non-hydrogen) atoms. The van der Waals surface area contributed by atoms with Crippen molar-refractivity contribution in [3.05, 3.63) is 0 Å². The lowest BCUT2D eigenvalue weighted by Gasteiger charge is -2.18. The van der Waals surface area contributed by atoms with Gasteiger partial charge in [-0.25, -0.2) is 13.8 Å². The Kier molecular flexibility index (Phi) is 7.47. The van der Waals surface area contributed by atoms with Gasteiger partial charge in [-0.05, 0) is 18.3 Å². The number of nitrogens with one attached hydrogen (secondary N) is 2. The summed E-state index contributed by atoms with van der Waals surface area (Å²) in [5, 5.41) is -0.970.